The van der Waals surface area contributed by atoms with Crippen molar-refractivity contribution in [2.75, 3.05) is 13.1 Å². The summed E-state index contributed by atoms with van der Waals surface area (Å²) >= 11 is 0. The van der Waals surface area contributed by atoms with Gasteiger partial charge in [-0.2, -0.15) is 0 Å². The lowest BCUT2D eigenvalue weighted by atomic mass is 9.96. The van der Waals surface area contributed by atoms with Crippen LogP contribution in [0, 0.1) is 5.92 Å². The zero-order chi connectivity index (χ0) is 11.4. The molecule has 0 heterocycles. The fourth-order valence-electron chi connectivity index (χ4n) is 2.56. The molecule has 0 bridgehead atoms. The number of hydrogen-bond donors (Lipinski definition) is 2. The van der Waals surface area contributed by atoms with Crippen molar-refractivity contribution in [1.82, 2.24) is 10.6 Å². The molecule has 2 fully saturated rings. The molecular weight excluding hydrogens is 200 g/mol. The standard InChI is InChI=1S/C13H24N2O/c1-2-9-15-13(7-3-4-8-13)12(16)14-10-11-5-6-11/h11,15H,2-10H2,1H3,(H,14,16). The maximum atomic E-state index is 12.2. The molecule has 3 nitrogen and oxygen atoms in total. The van der Waals surface area contributed by atoms with Gasteiger partial charge in [-0.3, -0.25) is 4.79 Å². The van der Waals surface area contributed by atoms with Crippen molar-refractivity contribution in [3.63, 3.8) is 0 Å². The van der Waals surface area contributed by atoms with E-state index in [2.05, 4.69) is 17.6 Å². The minimum atomic E-state index is -0.231. The van der Waals surface area contributed by atoms with Crippen LogP contribution >= 0.6 is 0 Å². The zero-order valence-electron chi connectivity index (χ0n) is 10.3. The number of carbonyl (C=O) groups is 1. The van der Waals surface area contributed by atoms with Gasteiger partial charge in [0.25, 0.3) is 0 Å². The number of carbonyl (C=O) groups excluding carboxylic acids is 1. The second kappa shape index (κ2) is 5.17. The van der Waals surface area contributed by atoms with Crippen LogP contribution in [0.5, 0.6) is 0 Å². The Morgan fingerprint density at radius 1 is 1.31 bits per heavy atom. The van der Waals surface area contributed by atoms with E-state index >= 15 is 0 Å². The normalized spacial score (nSPS) is 23.3. The zero-order valence-corrected chi connectivity index (χ0v) is 10.3. The van der Waals surface area contributed by atoms with Gasteiger partial charge in [0.2, 0.25) is 5.91 Å². The van der Waals surface area contributed by atoms with Crippen LogP contribution in [-0.2, 0) is 4.79 Å². The molecule has 0 spiro atoms. The fraction of sp³-hybridized carbons (Fsp3) is 0.923. The van der Waals surface area contributed by atoms with Crippen LogP contribution in [0.15, 0.2) is 0 Å². The topological polar surface area (TPSA) is 41.1 Å². The Labute approximate surface area is 98.4 Å². The van der Waals surface area contributed by atoms with Crippen molar-refractivity contribution in [3.8, 4) is 0 Å². The molecule has 0 aromatic carbocycles. The van der Waals surface area contributed by atoms with E-state index in [-0.39, 0.29) is 11.4 Å². The Bertz CT molecular complexity index is 242. The summed E-state index contributed by atoms with van der Waals surface area (Å²) in [5.41, 5.74) is -0.231. The molecule has 16 heavy (non-hydrogen) atoms. The van der Waals surface area contributed by atoms with Gasteiger partial charge in [0.1, 0.15) is 0 Å². The summed E-state index contributed by atoms with van der Waals surface area (Å²) in [6.07, 6.45) is 8.11. The molecular formula is C13H24N2O. The van der Waals surface area contributed by atoms with E-state index in [1.807, 2.05) is 0 Å². The van der Waals surface area contributed by atoms with E-state index < -0.39 is 0 Å². The van der Waals surface area contributed by atoms with Gasteiger partial charge in [0, 0.05) is 6.54 Å². The first kappa shape index (κ1) is 11.9. The monoisotopic (exact) mass is 224 g/mol. The Hall–Kier alpha value is -0.570. The highest BCUT2D eigenvalue weighted by atomic mass is 16.2. The Morgan fingerprint density at radius 2 is 2.00 bits per heavy atom. The number of rotatable bonds is 6. The van der Waals surface area contributed by atoms with E-state index in [0.717, 1.165) is 38.3 Å². The first-order chi connectivity index (χ1) is 7.77. The lowest BCUT2D eigenvalue weighted by molar-refractivity contribution is -0.127. The van der Waals surface area contributed by atoms with Crippen LogP contribution in [0.2, 0.25) is 0 Å². The van der Waals surface area contributed by atoms with Gasteiger partial charge in [0.15, 0.2) is 0 Å². The van der Waals surface area contributed by atoms with E-state index in [1.165, 1.54) is 25.7 Å². The number of hydrogen-bond acceptors (Lipinski definition) is 2. The predicted octanol–water partition coefficient (Wildman–Crippen LogP) is 1.82. The summed E-state index contributed by atoms with van der Waals surface area (Å²) in [6, 6.07) is 0. The Morgan fingerprint density at radius 3 is 2.56 bits per heavy atom. The Kier molecular flexibility index (Phi) is 3.85. The van der Waals surface area contributed by atoms with E-state index in [0.29, 0.717) is 0 Å². The lowest BCUT2D eigenvalue weighted by Crippen LogP contribution is -2.55. The quantitative estimate of drug-likeness (QED) is 0.722. The smallest absolute Gasteiger partial charge is 0.240 e. The molecule has 0 aliphatic heterocycles. The van der Waals surface area contributed by atoms with Gasteiger partial charge in [-0.05, 0) is 44.6 Å². The van der Waals surface area contributed by atoms with E-state index in [4.69, 9.17) is 0 Å². The van der Waals surface area contributed by atoms with Crippen LogP contribution in [0.1, 0.15) is 51.9 Å². The molecule has 2 saturated carbocycles. The number of nitrogens with one attached hydrogen (secondary N) is 2. The molecule has 0 saturated heterocycles. The van der Waals surface area contributed by atoms with Crippen molar-refractivity contribution in [2.45, 2.75) is 57.4 Å². The van der Waals surface area contributed by atoms with Crippen molar-refractivity contribution in [3.05, 3.63) is 0 Å². The molecule has 3 heteroatoms. The molecule has 0 aromatic heterocycles. The highest BCUT2D eigenvalue weighted by molar-refractivity contribution is 5.86. The van der Waals surface area contributed by atoms with E-state index in [9.17, 15) is 4.79 Å². The largest absolute Gasteiger partial charge is 0.354 e. The molecule has 0 aromatic rings. The van der Waals surface area contributed by atoms with E-state index in [1.54, 1.807) is 0 Å². The second-order valence-corrected chi connectivity index (χ2v) is 5.37. The van der Waals surface area contributed by atoms with Crippen molar-refractivity contribution < 1.29 is 4.79 Å². The minimum Gasteiger partial charge on any atom is -0.354 e. The van der Waals surface area contributed by atoms with Gasteiger partial charge in [0.05, 0.1) is 5.54 Å². The summed E-state index contributed by atoms with van der Waals surface area (Å²) in [7, 11) is 0. The molecule has 2 rings (SSSR count). The highest BCUT2D eigenvalue weighted by Crippen LogP contribution is 2.31. The van der Waals surface area contributed by atoms with Crippen molar-refractivity contribution >= 4 is 5.91 Å². The van der Waals surface area contributed by atoms with Crippen LogP contribution in [0.3, 0.4) is 0 Å². The minimum absolute atomic E-state index is 0.231. The summed E-state index contributed by atoms with van der Waals surface area (Å²) in [5, 5.41) is 6.61. The summed E-state index contributed by atoms with van der Waals surface area (Å²) in [4.78, 5) is 12.2. The molecule has 92 valence electrons. The van der Waals surface area contributed by atoms with Crippen molar-refractivity contribution in [2.24, 2.45) is 5.92 Å². The molecule has 1 amide bonds. The molecule has 0 atom stereocenters. The summed E-state index contributed by atoms with van der Waals surface area (Å²) in [5.74, 6) is 1.03. The predicted molar refractivity (Wildman–Crippen MR) is 65.2 cm³/mol. The first-order valence-corrected chi connectivity index (χ1v) is 6.80. The fourth-order valence-corrected chi connectivity index (χ4v) is 2.56. The third-order valence-corrected chi connectivity index (χ3v) is 3.85. The van der Waals surface area contributed by atoms with Crippen LogP contribution < -0.4 is 10.6 Å². The average molecular weight is 224 g/mol. The van der Waals surface area contributed by atoms with Gasteiger partial charge >= 0.3 is 0 Å². The molecule has 2 N–H and O–H groups in total. The maximum absolute atomic E-state index is 12.2. The summed E-state index contributed by atoms with van der Waals surface area (Å²) in [6.45, 7) is 4.00. The lowest BCUT2D eigenvalue weighted by Gasteiger charge is -2.29. The molecule has 2 aliphatic carbocycles. The van der Waals surface area contributed by atoms with Gasteiger partial charge < -0.3 is 10.6 Å². The van der Waals surface area contributed by atoms with Gasteiger partial charge in [-0.1, -0.05) is 19.8 Å². The highest BCUT2D eigenvalue weighted by Gasteiger charge is 2.40. The Balaban J connectivity index is 1.85. The first-order valence-electron chi connectivity index (χ1n) is 6.80. The third kappa shape index (κ3) is 2.76. The average Bonchev–Trinajstić information content (AvgIpc) is 3.00. The second-order valence-electron chi connectivity index (χ2n) is 5.37. The van der Waals surface area contributed by atoms with Crippen LogP contribution in [0.4, 0.5) is 0 Å². The SMILES string of the molecule is CCCNC1(C(=O)NCC2CC2)CCCC1. The maximum Gasteiger partial charge on any atom is 0.240 e. The molecule has 0 radical (unpaired) electrons. The third-order valence-electron chi connectivity index (χ3n) is 3.85. The van der Waals surface area contributed by atoms with Crippen molar-refractivity contribution in [1.29, 1.82) is 0 Å². The van der Waals surface area contributed by atoms with Crippen LogP contribution in [0.25, 0.3) is 0 Å². The summed E-state index contributed by atoms with van der Waals surface area (Å²) < 4.78 is 0. The van der Waals surface area contributed by atoms with Crippen LogP contribution in [-0.4, -0.2) is 24.5 Å². The molecule has 2 aliphatic rings. The van der Waals surface area contributed by atoms with Gasteiger partial charge in [-0.15, -0.1) is 0 Å². The number of amides is 1. The molecule has 0 unspecified atom stereocenters. The van der Waals surface area contributed by atoms with Gasteiger partial charge in [-0.25, -0.2) is 0 Å².